The van der Waals surface area contributed by atoms with Gasteiger partial charge in [0.05, 0.1) is 0 Å². The van der Waals surface area contributed by atoms with Gasteiger partial charge in [-0.2, -0.15) is 0 Å². The smallest absolute Gasteiger partial charge is 0.186 e. The van der Waals surface area contributed by atoms with E-state index in [4.69, 9.17) is 0 Å². The van der Waals surface area contributed by atoms with Crippen molar-refractivity contribution in [2.75, 3.05) is 0 Å². The molecule has 0 aliphatic heterocycles. The van der Waals surface area contributed by atoms with Gasteiger partial charge in [0.2, 0.25) is 0 Å². The molecule has 0 spiro atoms. The molecule has 2 heteroatoms. The Morgan fingerprint density at radius 1 is 0.913 bits per heavy atom. The molecule has 0 amide bonds. The standard InChI is InChI=1S/C21H16O2/c22-17-10-4-14(5-11-17)6-13-20(23)18-12-9-16-8-7-15-2-1-3-19(18)21(15)16/h1-6,9-13,22H,7-8H2. The largest absolute Gasteiger partial charge is 0.508 e. The number of phenols is 1. The lowest BCUT2D eigenvalue weighted by molar-refractivity contribution is 0.104. The average Bonchev–Trinajstić information content (AvgIpc) is 3.00. The van der Waals surface area contributed by atoms with Gasteiger partial charge in [-0.15, -0.1) is 0 Å². The van der Waals surface area contributed by atoms with Crippen molar-refractivity contribution in [3.8, 4) is 5.75 Å². The van der Waals surface area contributed by atoms with E-state index in [0.29, 0.717) is 0 Å². The molecule has 0 bridgehead atoms. The molecule has 4 rings (SSSR count). The average molecular weight is 300 g/mol. The number of aromatic hydroxyl groups is 1. The number of carbonyl (C=O) groups excluding carboxylic acids is 1. The van der Waals surface area contributed by atoms with E-state index >= 15 is 0 Å². The molecule has 3 aromatic rings. The van der Waals surface area contributed by atoms with E-state index in [1.807, 2.05) is 18.2 Å². The van der Waals surface area contributed by atoms with Crippen LogP contribution in [0.25, 0.3) is 16.8 Å². The van der Waals surface area contributed by atoms with E-state index in [9.17, 15) is 9.90 Å². The van der Waals surface area contributed by atoms with Gasteiger partial charge in [-0.05, 0) is 58.5 Å². The van der Waals surface area contributed by atoms with E-state index in [2.05, 4.69) is 12.1 Å². The Kier molecular flexibility index (Phi) is 3.23. The van der Waals surface area contributed by atoms with Crippen LogP contribution < -0.4 is 0 Å². The molecule has 112 valence electrons. The summed E-state index contributed by atoms with van der Waals surface area (Å²) in [4.78, 5) is 12.6. The van der Waals surface area contributed by atoms with Gasteiger partial charge in [-0.25, -0.2) is 0 Å². The maximum absolute atomic E-state index is 12.6. The monoisotopic (exact) mass is 300 g/mol. The zero-order valence-electron chi connectivity index (χ0n) is 12.6. The second-order valence-corrected chi connectivity index (χ2v) is 5.90. The van der Waals surface area contributed by atoms with Gasteiger partial charge in [0.1, 0.15) is 5.75 Å². The Hall–Kier alpha value is -2.87. The predicted octanol–water partition coefficient (Wildman–Crippen LogP) is 4.54. The molecule has 1 aliphatic carbocycles. The molecule has 1 N–H and O–H groups in total. The highest BCUT2D eigenvalue weighted by Gasteiger charge is 2.17. The highest BCUT2D eigenvalue weighted by Crippen LogP contribution is 2.33. The van der Waals surface area contributed by atoms with Gasteiger partial charge in [0, 0.05) is 5.56 Å². The first-order valence-electron chi connectivity index (χ1n) is 7.77. The molecule has 0 atom stereocenters. The van der Waals surface area contributed by atoms with Crippen LogP contribution in [0.4, 0.5) is 0 Å². The molecule has 0 unspecified atom stereocenters. The van der Waals surface area contributed by atoms with E-state index in [0.717, 1.165) is 29.4 Å². The van der Waals surface area contributed by atoms with Crippen LogP contribution in [0.3, 0.4) is 0 Å². The van der Waals surface area contributed by atoms with Crippen molar-refractivity contribution in [2.24, 2.45) is 0 Å². The molecule has 1 aliphatic rings. The number of phenolic OH excluding ortho intramolecular Hbond substituents is 1. The summed E-state index contributed by atoms with van der Waals surface area (Å²) in [6, 6.07) is 17.0. The summed E-state index contributed by atoms with van der Waals surface area (Å²) in [7, 11) is 0. The molecule has 0 fully saturated rings. The van der Waals surface area contributed by atoms with Crippen LogP contribution in [-0.2, 0) is 12.8 Å². The lowest BCUT2D eigenvalue weighted by atomic mass is 9.97. The number of ketones is 1. The predicted molar refractivity (Wildman–Crippen MR) is 92.8 cm³/mol. The first-order valence-corrected chi connectivity index (χ1v) is 7.77. The summed E-state index contributed by atoms with van der Waals surface area (Å²) in [5.74, 6) is 0.231. The first kappa shape index (κ1) is 13.8. The molecule has 2 nitrogen and oxygen atoms in total. The summed E-state index contributed by atoms with van der Waals surface area (Å²) in [5.41, 5.74) is 4.33. The molecule has 0 saturated heterocycles. The Bertz CT molecular complexity index is 924. The van der Waals surface area contributed by atoms with Crippen LogP contribution in [0.2, 0.25) is 0 Å². The van der Waals surface area contributed by atoms with E-state index < -0.39 is 0 Å². The van der Waals surface area contributed by atoms with Crippen LogP contribution in [0.1, 0.15) is 27.0 Å². The normalized spacial score (nSPS) is 13.0. The summed E-state index contributed by atoms with van der Waals surface area (Å²) >= 11 is 0. The van der Waals surface area contributed by atoms with Crippen molar-refractivity contribution in [2.45, 2.75) is 12.8 Å². The van der Waals surface area contributed by atoms with Crippen LogP contribution in [0.15, 0.2) is 60.7 Å². The van der Waals surface area contributed by atoms with Gasteiger partial charge in [-0.1, -0.05) is 48.5 Å². The third-order valence-electron chi connectivity index (χ3n) is 4.46. The number of hydrogen-bond donors (Lipinski definition) is 1. The number of hydrogen-bond acceptors (Lipinski definition) is 2. The van der Waals surface area contributed by atoms with Crippen molar-refractivity contribution in [1.29, 1.82) is 0 Å². The second-order valence-electron chi connectivity index (χ2n) is 5.90. The van der Waals surface area contributed by atoms with Crippen molar-refractivity contribution in [1.82, 2.24) is 0 Å². The lowest BCUT2D eigenvalue weighted by Crippen LogP contribution is -1.96. The number of carbonyl (C=O) groups is 1. The fourth-order valence-electron chi connectivity index (χ4n) is 3.31. The topological polar surface area (TPSA) is 37.3 Å². The quantitative estimate of drug-likeness (QED) is 0.569. The van der Waals surface area contributed by atoms with Crippen molar-refractivity contribution in [3.05, 3.63) is 82.9 Å². The van der Waals surface area contributed by atoms with Crippen molar-refractivity contribution in [3.63, 3.8) is 0 Å². The Labute approximate surface area is 134 Å². The molecular formula is C21H16O2. The number of allylic oxidation sites excluding steroid dienone is 1. The van der Waals surface area contributed by atoms with Gasteiger partial charge < -0.3 is 5.11 Å². The minimum Gasteiger partial charge on any atom is -0.508 e. The maximum atomic E-state index is 12.6. The zero-order valence-corrected chi connectivity index (χ0v) is 12.6. The van der Waals surface area contributed by atoms with E-state index in [1.54, 1.807) is 36.4 Å². The van der Waals surface area contributed by atoms with Gasteiger partial charge in [0.25, 0.3) is 0 Å². The van der Waals surface area contributed by atoms with Gasteiger partial charge >= 0.3 is 0 Å². The second kappa shape index (κ2) is 5.40. The van der Waals surface area contributed by atoms with Gasteiger partial charge in [-0.3, -0.25) is 4.79 Å². The summed E-state index contributed by atoms with van der Waals surface area (Å²) < 4.78 is 0. The maximum Gasteiger partial charge on any atom is 0.186 e. The van der Waals surface area contributed by atoms with Gasteiger partial charge in [0.15, 0.2) is 5.78 Å². The molecule has 0 radical (unpaired) electrons. The SMILES string of the molecule is O=C(C=Cc1ccc(O)cc1)c1ccc2c3c(cccc13)CC2. The minimum atomic E-state index is 0.00803. The van der Waals surface area contributed by atoms with E-state index in [1.165, 1.54) is 16.5 Å². The third kappa shape index (κ3) is 2.42. The molecule has 0 saturated carbocycles. The van der Waals surface area contributed by atoms with Crippen LogP contribution in [0.5, 0.6) is 5.75 Å². The summed E-state index contributed by atoms with van der Waals surface area (Å²) in [6.45, 7) is 0. The molecule has 23 heavy (non-hydrogen) atoms. The van der Waals surface area contributed by atoms with Crippen molar-refractivity contribution < 1.29 is 9.90 Å². The highest BCUT2D eigenvalue weighted by atomic mass is 16.3. The third-order valence-corrected chi connectivity index (χ3v) is 4.46. The molecular weight excluding hydrogens is 284 g/mol. The first-order chi connectivity index (χ1) is 11.2. The van der Waals surface area contributed by atoms with Crippen LogP contribution >= 0.6 is 0 Å². The molecule has 0 heterocycles. The van der Waals surface area contributed by atoms with E-state index in [-0.39, 0.29) is 11.5 Å². The zero-order chi connectivity index (χ0) is 15.8. The number of benzene rings is 3. The van der Waals surface area contributed by atoms with Crippen LogP contribution in [-0.4, -0.2) is 10.9 Å². The van der Waals surface area contributed by atoms with Crippen molar-refractivity contribution >= 4 is 22.6 Å². The summed E-state index contributed by atoms with van der Waals surface area (Å²) in [6.07, 6.45) is 5.51. The lowest BCUT2D eigenvalue weighted by Gasteiger charge is -2.06. The fourth-order valence-corrected chi connectivity index (χ4v) is 3.31. The highest BCUT2D eigenvalue weighted by molar-refractivity contribution is 6.15. The fraction of sp³-hybridized carbons (Fsp3) is 0.0952. The molecule has 3 aromatic carbocycles. The summed E-state index contributed by atoms with van der Waals surface area (Å²) in [5, 5.41) is 11.6. The number of aryl methyl sites for hydroxylation is 2. The number of rotatable bonds is 3. The Balaban J connectivity index is 1.72. The minimum absolute atomic E-state index is 0.00803. The Morgan fingerprint density at radius 2 is 1.65 bits per heavy atom. The van der Waals surface area contributed by atoms with Crippen LogP contribution in [0, 0.1) is 0 Å². The molecule has 0 aromatic heterocycles. The Morgan fingerprint density at radius 3 is 2.43 bits per heavy atom.